The van der Waals surface area contributed by atoms with Gasteiger partial charge in [0.15, 0.2) is 0 Å². The lowest BCUT2D eigenvalue weighted by molar-refractivity contribution is -0.136. The number of hydrogen-bond acceptors (Lipinski definition) is 5. The lowest BCUT2D eigenvalue weighted by Gasteiger charge is -2.33. The van der Waals surface area contributed by atoms with Gasteiger partial charge in [-0.2, -0.15) is 0 Å². The monoisotopic (exact) mass is 375 g/mol. The van der Waals surface area contributed by atoms with Crippen molar-refractivity contribution in [2.24, 2.45) is 11.7 Å². The van der Waals surface area contributed by atoms with E-state index >= 15 is 0 Å². The Morgan fingerprint density at radius 3 is 2.48 bits per heavy atom. The predicted molar refractivity (Wildman–Crippen MR) is 102 cm³/mol. The van der Waals surface area contributed by atoms with Crippen molar-refractivity contribution < 1.29 is 19.1 Å². The number of methoxy groups -OCH3 is 2. The zero-order valence-electron chi connectivity index (χ0n) is 16.1. The molecule has 1 unspecified atom stereocenters. The van der Waals surface area contributed by atoms with Crippen LogP contribution in [0.4, 0.5) is 0 Å². The standard InChI is InChI=1S/C20H29N3O4/c1-26-15-5-6-16(18(12-15)27-2)17-4-3-9-23(17)13-19(24)22-10-7-14(8-11-22)20(21)25/h5-6,12,14,17H,3-4,7-11,13H2,1-2H3,(H2,21,25). The third-order valence-electron chi connectivity index (χ3n) is 5.75. The summed E-state index contributed by atoms with van der Waals surface area (Å²) in [5.41, 5.74) is 6.47. The second-order valence-electron chi connectivity index (χ2n) is 7.29. The summed E-state index contributed by atoms with van der Waals surface area (Å²) in [4.78, 5) is 28.2. The number of piperidine rings is 1. The summed E-state index contributed by atoms with van der Waals surface area (Å²) in [5, 5.41) is 0. The first-order valence-corrected chi connectivity index (χ1v) is 9.56. The van der Waals surface area contributed by atoms with Gasteiger partial charge in [-0.25, -0.2) is 0 Å². The largest absolute Gasteiger partial charge is 0.497 e. The van der Waals surface area contributed by atoms with Gasteiger partial charge in [0.2, 0.25) is 11.8 Å². The average Bonchev–Trinajstić information content (AvgIpc) is 3.15. The first kappa shape index (κ1) is 19.5. The highest BCUT2D eigenvalue weighted by Gasteiger charge is 2.32. The zero-order valence-corrected chi connectivity index (χ0v) is 16.1. The van der Waals surface area contributed by atoms with Crippen LogP contribution in [-0.4, -0.2) is 62.0 Å². The number of carbonyl (C=O) groups is 2. The number of nitrogens with two attached hydrogens (primary N) is 1. The van der Waals surface area contributed by atoms with Gasteiger partial charge in [0, 0.05) is 36.7 Å². The summed E-state index contributed by atoms with van der Waals surface area (Å²) in [6.45, 7) is 2.50. The quantitative estimate of drug-likeness (QED) is 0.816. The van der Waals surface area contributed by atoms with Crippen molar-refractivity contribution in [3.63, 3.8) is 0 Å². The molecule has 0 radical (unpaired) electrons. The predicted octanol–water partition coefficient (Wildman–Crippen LogP) is 1.56. The fraction of sp³-hybridized carbons (Fsp3) is 0.600. The van der Waals surface area contributed by atoms with E-state index in [9.17, 15) is 9.59 Å². The van der Waals surface area contributed by atoms with E-state index in [0.717, 1.165) is 36.4 Å². The average molecular weight is 375 g/mol. The van der Waals surface area contributed by atoms with Crippen molar-refractivity contribution in [3.8, 4) is 11.5 Å². The molecule has 0 saturated carbocycles. The van der Waals surface area contributed by atoms with Crippen LogP contribution in [-0.2, 0) is 9.59 Å². The first-order valence-electron chi connectivity index (χ1n) is 9.56. The fourth-order valence-corrected chi connectivity index (χ4v) is 4.15. The summed E-state index contributed by atoms with van der Waals surface area (Å²) in [5.74, 6) is 1.32. The number of rotatable bonds is 6. The van der Waals surface area contributed by atoms with Crippen molar-refractivity contribution in [1.82, 2.24) is 9.80 Å². The Kier molecular flexibility index (Phi) is 6.21. The number of nitrogens with zero attached hydrogens (tertiary/aromatic N) is 2. The summed E-state index contributed by atoms with van der Waals surface area (Å²) >= 11 is 0. The molecule has 0 aliphatic carbocycles. The molecule has 0 bridgehead atoms. The highest BCUT2D eigenvalue weighted by Crippen LogP contribution is 2.38. The lowest BCUT2D eigenvalue weighted by atomic mass is 9.96. The van der Waals surface area contributed by atoms with Crippen molar-refractivity contribution in [2.45, 2.75) is 31.7 Å². The van der Waals surface area contributed by atoms with Crippen LogP contribution in [0.5, 0.6) is 11.5 Å². The topological polar surface area (TPSA) is 85.1 Å². The molecular weight excluding hydrogens is 346 g/mol. The zero-order chi connectivity index (χ0) is 19.4. The van der Waals surface area contributed by atoms with Crippen LogP contribution in [0.15, 0.2) is 18.2 Å². The number of carbonyl (C=O) groups excluding carboxylic acids is 2. The maximum absolute atomic E-state index is 12.8. The van der Waals surface area contributed by atoms with Crippen LogP contribution < -0.4 is 15.2 Å². The molecule has 2 fully saturated rings. The number of amides is 2. The summed E-state index contributed by atoms with van der Waals surface area (Å²) in [7, 11) is 3.29. The minimum atomic E-state index is -0.256. The van der Waals surface area contributed by atoms with Gasteiger partial charge in [-0.1, -0.05) is 6.07 Å². The van der Waals surface area contributed by atoms with Crippen LogP contribution >= 0.6 is 0 Å². The summed E-state index contributed by atoms with van der Waals surface area (Å²) in [6, 6.07) is 6.02. The van der Waals surface area contributed by atoms with E-state index in [1.807, 2.05) is 23.1 Å². The molecule has 7 heteroatoms. The van der Waals surface area contributed by atoms with Gasteiger partial charge in [0.1, 0.15) is 11.5 Å². The molecular formula is C20H29N3O4. The van der Waals surface area contributed by atoms with Gasteiger partial charge in [-0.05, 0) is 38.3 Å². The molecule has 3 rings (SSSR count). The Balaban J connectivity index is 1.65. The third-order valence-corrected chi connectivity index (χ3v) is 5.75. The Morgan fingerprint density at radius 2 is 1.85 bits per heavy atom. The molecule has 1 atom stereocenters. The lowest BCUT2D eigenvalue weighted by Crippen LogP contribution is -2.45. The number of hydrogen-bond donors (Lipinski definition) is 1. The Bertz CT molecular complexity index is 686. The molecule has 0 spiro atoms. The molecule has 1 aromatic rings. The van der Waals surface area contributed by atoms with Gasteiger partial charge < -0.3 is 20.1 Å². The molecule has 2 amide bonds. The third kappa shape index (κ3) is 4.35. The second kappa shape index (κ2) is 8.61. The van der Waals surface area contributed by atoms with Crippen molar-refractivity contribution in [1.29, 1.82) is 0 Å². The molecule has 148 valence electrons. The fourth-order valence-electron chi connectivity index (χ4n) is 4.15. The van der Waals surface area contributed by atoms with Gasteiger partial charge in [0.05, 0.1) is 20.8 Å². The molecule has 1 aromatic carbocycles. The van der Waals surface area contributed by atoms with E-state index in [1.54, 1.807) is 14.2 Å². The Hall–Kier alpha value is -2.28. The normalized spacial score (nSPS) is 21.3. The van der Waals surface area contributed by atoms with Gasteiger partial charge in [0.25, 0.3) is 0 Å². The second-order valence-corrected chi connectivity index (χ2v) is 7.29. The van der Waals surface area contributed by atoms with Crippen molar-refractivity contribution in [2.75, 3.05) is 40.4 Å². The first-order chi connectivity index (χ1) is 13.0. The minimum Gasteiger partial charge on any atom is -0.497 e. The number of ether oxygens (including phenoxy) is 2. The highest BCUT2D eigenvalue weighted by atomic mass is 16.5. The van der Waals surface area contributed by atoms with E-state index in [1.165, 1.54) is 0 Å². The van der Waals surface area contributed by atoms with Crippen LogP contribution in [0.2, 0.25) is 0 Å². The molecule has 27 heavy (non-hydrogen) atoms. The van der Waals surface area contributed by atoms with Crippen LogP contribution in [0.1, 0.15) is 37.3 Å². The Morgan fingerprint density at radius 1 is 1.11 bits per heavy atom. The van der Waals surface area contributed by atoms with E-state index in [2.05, 4.69) is 4.90 Å². The van der Waals surface area contributed by atoms with E-state index in [4.69, 9.17) is 15.2 Å². The summed E-state index contributed by atoms with van der Waals surface area (Å²) in [6.07, 6.45) is 3.38. The molecule has 0 aromatic heterocycles. The SMILES string of the molecule is COc1ccc(C2CCCN2CC(=O)N2CCC(C(N)=O)CC2)c(OC)c1. The molecule has 7 nitrogen and oxygen atoms in total. The molecule has 2 saturated heterocycles. The van der Waals surface area contributed by atoms with E-state index in [0.29, 0.717) is 32.5 Å². The maximum atomic E-state index is 12.8. The van der Waals surface area contributed by atoms with Gasteiger partial charge in [-0.3, -0.25) is 14.5 Å². The molecule has 2 N–H and O–H groups in total. The maximum Gasteiger partial charge on any atom is 0.236 e. The molecule has 2 heterocycles. The van der Waals surface area contributed by atoms with E-state index < -0.39 is 0 Å². The van der Waals surface area contributed by atoms with E-state index in [-0.39, 0.29) is 23.8 Å². The molecule has 2 aliphatic rings. The highest BCUT2D eigenvalue weighted by molar-refractivity contribution is 5.80. The van der Waals surface area contributed by atoms with Crippen molar-refractivity contribution >= 4 is 11.8 Å². The smallest absolute Gasteiger partial charge is 0.236 e. The number of likely N-dealkylation sites (tertiary alicyclic amines) is 2. The number of benzene rings is 1. The van der Waals surface area contributed by atoms with Crippen LogP contribution in [0.25, 0.3) is 0 Å². The van der Waals surface area contributed by atoms with Gasteiger partial charge in [-0.15, -0.1) is 0 Å². The van der Waals surface area contributed by atoms with Crippen LogP contribution in [0.3, 0.4) is 0 Å². The minimum absolute atomic E-state index is 0.0999. The Labute approximate surface area is 160 Å². The van der Waals surface area contributed by atoms with Crippen LogP contribution in [0, 0.1) is 5.92 Å². The number of primary amides is 1. The molecule has 2 aliphatic heterocycles. The van der Waals surface area contributed by atoms with Gasteiger partial charge >= 0.3 is 0 Å². The van der Waals surface area contributed by atoms with Crippen molar-refractivity contribution in [3.05, 3.63) is 23.8 Å². The summed E-state index contributed by atoms with van der Waals surface area (Å²) < 4.78 is 10.8.